The molecule has 142 valence electrons. The second-order valence-electron chi connectivity index (χ2n) is 5.97. The molecule has 0 bridgehead atoms. The summed E-state index contributed by atoms with van der Waals surface area (Å²) in [5.41, 5.74) is 1.37. The van der Waals surface area contributed by atoms with Gasteiger partial charge in [0.2, 0.25) is 5.91 Å². The highest BCUT2D eigenvalue weighted by molar-refractivity contribution is 7.80. The van der Waals surface area contributed by atoms with Gasteiger partial charge < -0.3 is 15.4 Å². The summed E-state index contributed by atoms with van der Waals surface area (Å²) >= 11 is 10.9. The van der Waals surface area contributed by atoms with E-state index in [0.29, 0.717) is 22.1 Å². The van der Waals surface area contributed by atoms with Crippen LogP contribution in [0, 0.1) is 5.92 Å². The summed E-state index contributed by atoms with van der Waals surface area (Å²) in [4.78, 5) is 23.5. The van der Waals surface area contributed by atoms with Crippen LogP contribution in [0.1, 0.15) is 13.8 Å². The number of carbonyl (C=O) groups excluding carboxylic acids is 2. The van der Waals surface area contributed by atoms with Gasteiger partial charge in [-0.1, -0.05) is 25.4 Å². The number of anilines is 2. The van der Waals surface area contributed by atoms with Crippen molar-refractivity contribution in [3.8, 4) is 5.75 Å². The van der Waals surface area contributed by atoms with Crippen LogP contribution in [-0.2, 0) is 9.59 Å². The molecule has 2 amide bonds. The first-order chi connectivity index (χ1) is 12.8. The highest BCUT2D eigenvalue weighted by Gasteiger charge is 2.08. The summed E-state index contributed by atoms with van der Waals surface area (Å²) < 4.78 is 5.35. The number of benzene rings is 2. The maximum atomic E-state index is 11.9. The Bertz CT molecular complexity index is 808. The van der Waals surface area contributed by atoms with Gasteiger partial charge in [0.05, 0.1) is 0 Å². The van der Waals surface area contributed by atoms with Crippen LogP contribution < -0.4 is 20.7 Å². The number of ether oxygens (including phenoxy) is 1. The topological polar surface area (TPSA) is 79.5 Å². The zero-order valence-corrected chi connectivity index (χ0v) is 16.5. The predicted octanol–water partition coefficient (Wildman–Crippen LogP) is 3.83. The van der Waals surface area contributed by atoms with E-state index in [1.54, 1.807) is 48.5 Å². The molecule has 0 saturated carbocycles. The second kappa shape index (κ2) is 9.89. The standard InChI is InChI=1S/C19H20ClN3O3S/c1-12(2)18(25)21-14-5-7-15(8-6-14)22-19(27)23-17(24)11-26-16-9-3-13(20)4-10-16/h3-10,12H,11H2,1-2H3,(H,21,25)(H2,22,23,24,27). The molecule has 0 spiro atoms. The van der Waals surface area contributed by atoms with Crippen LogP contribution in [0.2, 0.25) is 5.02 Å². The fourth-order valence-corrected chi connectivity index (χ4v) is 2.29. The number of nitrogens with one attached hydrogen (secondary N) is 3. The van der Waals surface area contributed by atoms with Crippen LogP contribution in [0.4, 0.5) is 11.4 Å². The van der Waals surface area contributed by atoms with Crippen LogP contribution >= 0.6 is 23.8 Å². The van der Waals surface area contributed by atoms with Crippen molar-refractivity contribution >= 4 is 52.1 Å². The van der Waals surface area contributed by atoms with Crippen LogP contribution in [0.3, 0.4) is 0 Å². The van der Waals surface area contributed by atoms with E-state index >= 15 is 0 Å². The molecule has 0 aliphatic carbocycles. The number of halogens is 1. The molecule has 2 aromatic carbocycles. The molecule has 0 unspecified atom stereocenters. The lowest BCUT2D eigenvalue weighted by Gasteiger charge is -2.12. The fourth-order valence-electron chi connectivity index (χ4n) is 1.93. The maximum absolute atomic E-state index is 11.9. The van der Waals surface area contributed by atoms with E-state index in [9.17, 15) is 9.59 Å². The van der Waals surface area contributed by atoms with E-state index in [-0.39, 0.29) is 29.5 Å². The summed E-state index contributed by atoms with van der Waals surface area (Å²) in [5, 5.41) is 8.97. The Morgan fingerprint density at radius 1 is 1.00 bits per heavy atom. The molecule has 2 aromatic rings. The maximum Gasteiger partial charge on any atom is 0.264 e. The lowest BCUT2D eigenvalue weighted by Crippen LogP contribution is -2.37. The highest BCUT2D eigenvalue weighted by Crippen LogP contribution is 2.16. The van der Waals surface area contributed by atoms with Crippen LogP contribution in [0.15, 0.2) is 48.5 Å². The van der Waals surface area contributed by atoms with Crippen molar-refractivity contribution in [2.45, 2.75) is 13.8 Å². The zero-order chi connectivity index (χ0) is 19.8. The van der Waals surface area contributed by atoms with Gasteiger partial charge in [0.15, 0.2) is 11.7 Å². The third-order valence-corrected chi connectivity index (χ3v) is 3.83. The van der Waals surface area contributed by atoms with E-state index in [1.165, 1.54) is 0 Å². The van der Waals surface area contributed by atoms with Crippen molar-refractivity contribution in [1.82, 2.24) is 5.32 Å². The Balaban J connectivity index is 1.78. The van der Waals surface area contributed by atoms with Crippen LogP contribution in [0.25, 0.3) is 0 Å². The van der Waals surface area contributed by atoms with Crippen molar-refractivity contribution < 1.29 is 14.3 Å². The smallest absolute Gasteiger partial charge is 0.264 e. The quantitative estimate of drug-likeness (QED) is 0.636. The zero-order valence-electron chi connectivity index (χ0n) is 14.9. The number of thiocarbonyl (C=S) groups is 1. The normalized spacial score (nSPS) is 10.2. The summed E-state index contributed by atoms with van der Waals surface area (Å²) in [5.74, 6) is -0.00408. The summed E-state index contributed by atoms with van der Waals surface area (Å²) in [6.45, 7) is 3.47. The molecule has 0 aliphatic heterocycles. The van der Waals surface area contributed by atoms with Gasteiger partial charge in [0.1, 0.15) is 5.75 Å². The minimum absolute atomic E-state index is 0.0563. The molecule has 0 aromatic heterocycles. The van der Waals surface area contributed by atoms with Crippen LogP contribution in [0.5, 0.6) is 5.75 Å². The number of amides is 2. The lowest BCUT2D eigenvalue weighted by molar-refractivity contribution is -0.121. The Hall–Kier alpha value is -2.64. The van der Waals surface area contributed by atoms with Crippen molar-refractivity contribution in [2.75, 3.05) is 17.2 Å². The van der Waals surface area contributed by atoms with E-state index in [0.717, 1.165) is 0 Å². The van der Waals surface area contributed by atoms with Gasteiger partial charge in [0.25, 0.3) is 5.91 Å². The molecule has 0 heterocycles. The lowest BCUT2D eigenvalue weighted by atomic mass is 10.2. The largest absolute Gasteiger partial charge is 0.484 e. The molecule has 8 heteroatoms. The van der Waals surface area contributed by atoms with Crippen molar-refractivity contribution in [3.63, 3.8) is 0 Å². The summed E-state index contributed by atoms with van der Waals surface area (Å²) in [6, 6.07) is 13.7. The summed E-state index contributed by atoms with van der Waals surface area (Å²) in [7, 11) is 0. The Morgan fingerprint density at radius 3 is 2.11 bits per heavy atom. The summed E-state index contributed by atoms with van der Waals surface area (Å²) in [6.07, 6.45) is 0. The first-order valence-electron chi connectivity index (χ1n) is 8.23. The van der Waals surface area contributed by atoms with Gasteiger partial charge in [-0.15, -0.1) is 0 Å². The molecule has 0 saturated heterocycles. The van der Waals surface area contributed by atoms with Gasteiger partial charge in [-0.25, -0.2) is 0 Å². The predicted molar refractivity (Wildman–Crippen MR) is 111 cm³/mol. The molecule has 0 radical (unpaired) electrons. The van der Waals surface area contributed by atoms with Gasteiger partial charge in [-0.3, -0.25) is 14.9 Å². The first-order valence-corrected chi connectivity index (χ1v) is 9.02. The second-order valence-corrected chi connectivity index (χ2v) is 6.81. The fraction of sp³-hybridized carbons (Fsp3) is 0.211. The number of rotatable bonds is 6. The third-order valence-electron chi connectivity index (χ3n) is 3.37. The van der Waals surface area contributed by atoms with Crippen molar-refractivity contribution in [3.05, 3.63) is 53.6 Å². The van der Waals surface area contributed by atoms with Gasteiger partial charge in [0, 0.05) is 22.3 Å². The Morgan fingerprint density at radius 2 is 1.56 bits per heavy atom. The molecule has 0 fully saturated rings. The van der Waals surface area contributed by atoms with Crippen LogP contribution in [-0.4, -0.2) is 23.5 Å². The minimum Gasteiger partial charge on any atom is -0.484 e. The van der Waals surface area contributed by atoms with E-state index in [2.05, 4.69) is 16.0 Å². The molecular formula is C19H20ClN3O3S. The molecule has 0 atom stereocenters. The van der Waals surface area contributed by atoms with Gasteiger partial charge >= 0.3 is 0 Å². The van der Waals surface area contributed by atoms with Crippen molar-refractivity contribution in [2.24, 2.45) is 5.92 Å². The van der Waals surface area contributed by atoms with E-state index in [4.69, 9.17) is 28.6 Å². The number of hydrogen-bond donors (Lipinski definition) is 3. The molecule has 0 aliphatic rings. The number of carbonyl (C=O) groups is 2. The monoisotopic (exact) mass is 405 g/mol. The minimum atomic E-state index is -0.386. The Labute approximate surface area is 168 Å². The average molecular weight is 406 g/mol. The molecule has 3 N–H and O–H groups in total. The number of hydrogen-bond acceptors (Lipinski definition) is 4. The van der Waals surface area contributed by atoms with Crippen molar-refractivity contribution in [1.29, 1.82) is 0 Å². The van der Waals surface area contributed by atoms with E-state index in [1.807, 2.05) is 13.8 Å². The highest BCUT2D eigenvalue weighted by atomic mass is 35.5. The Kier molecular flexibility index (Phi) is 7.57. The first kappa shape index (κ1) is 20.7. The van der Waals surface area contributed by atoms with Gasteiger partial charge in [-0.2, -0.15) is 0 Å². The third kappa shape index (κ3) is 7.24. The SMILES string of the molecule is CC(C)C(=O)Nc1ccc(NC(=S)NC(=O)COc2ccc(Cl)cc2)cc1. The molecule has 6 nitrogen and oxygen atoms in total. The molecular weight excluding hydrogens is 386 g/mol. The van der Waals surface area contributed by atoms with Gasteiger partial charge in [-0.05, 0) is 60.7 Å². The average Bonchev–Trinajstić information content (AvgIpc) is 2.62. The molecule has 27 heavy (non-hydrogen) atoms. The van der Waals surface area contributed by atoms with E-state index < -0.39 is 0 Å². The molecule has 2 rings (SSSR count).